The SMILES string of the molecule is CCC[CH2][Sn+2][CH2]CCC.ClCCl.O=[P+]([O-])O[P+](=O)[O-]. The Kier molecular flexibility index (Phi) is 32.7. The first kappa shape index (κ1) is 25.4. The van der Waals surface area contributed by atoms with Crippen molar-refractivity contribution in [2.24, 2.45) is 0 Å². The normalized spacial score (nSPS) is 10.2. The fourth-order valence-electron chi connectivity index (χ4n) is 0.783. The molecule has 0 rings (SSSR count). The molecule has 0 amide bonds. The van der Waals surface area contributed by atoms with E-state index < -0.39 is 16.5 Å². The molecule has 0 heterocycles. The van der Waals surface area contributed by atoms with Gasteiger partial charge in [0.25, 0.3) is 0 Å². The van der Waals surface area contributed by atoms with E-state index in [4.69, 9.17) is 23.2 Å². The van der Waals surface area contributed by atoms with Crippen LogP contribution in [-0.4, -0.2) is 26.5 Å². The third kappa shape index (κ3) is 45.2. The van der Waals surface area contributed by atoms with E-state index in [1.54, 1.807) is 8.87 Å². The van der Waals surface area contributed by atoms with Crippen molar-refractivity contribution in [1.82, 2.24) is 0 Å². The number of unbranched alkanes of at least 4 members (excludes halogenated alkanes) is 2. The number of hydrogen-bond donors (Lipinski definition) is 0. The van der Waals surface area contributed by atoms with Crippen molar-refractivity contribution in [1.29, 1.82) is 0 Å². The Hall–Kier alpha value is 1.46. The van der Waals surface area contributed by atoms with Crippen molar-refractivity contribution in [2.45, 2.75) is 48.4 Å². The second-order valence-corrected chi connectivity index (χ2v) is 9.72. The maximum Gasteiger partial charge on any atom is 0.543 e. The maximum atomic E-state index is 9.24. The van der Waals surface area contributed by atoms with Crippen LogP contribution in [0.2, 0.25) is 8.87 Å². The molecule has 0 spiro atoms. The van der Waals surface area contributed by atoms with Crippen LogP contribution < -0.4 is 9.79 Å². The van der Waals surface area contributed by atoms with Gasteiger partial charge < -0.3 is 9.79 Å². The van der Waals surface area contributed by atoms with Crippen LogP contribution in [0, 0.1) is 0 Å². The van der Waals surface area contributed by atoms with Crippen LogP contribution in [0.3, 0.4) is 0 Å². The summed E-state index contributed by atoms with van der Waals surface area (Å²) in [5.41, 5.74) is 0. The smallest absolute Gasteiger partial charge is 0.543 e. The first-order valence-electron chi connectivity index (χ1n) is 5.75. The van der Waals surface area contributed by atoms with Crippen molar-refractivity contribution < 1.29 is 23.2 Å². The van der Waals surface area contributed by atoms with Crippen LogP contribution in [-0.2, 0) is 13.4 Å². The second kappa shape index (κ2) is 24.5. The van der Waals surface area contributed by atoms with Crippen molar-refractivity contribution in [3.8, 4) is 0 Å². The average Bonchev–Trinajstić information content (AvgIpc) is 2.29. The molecule has 0 aromatic heterocycles. The molecule has 10 heteroatoms. The maximum absolute atomic E-state index is 9.24. The van der Waals surface area contributed by atoms with Crippen molar-refractivity contribution in [2.75, 3.05) is 5.34 Å². The molecule has 2 unspecified atom stereocenters. The van der Waals surface area contributed by atoms with Gasteiger partial charge in [-0.25, -0.2) is 0 Å². The molecule has 0 aliphatic rings. The van der Waals surface area contributed by atoms with E-state index in [0.717, 1.165) is 0 Å². The van der Waals surface area contributed by atoms with Gasteiger partial charge in [-0.1, -0.05) is 0 Å². The molecule has 0 aromatic carbocycles. The zero-order valence-corrected chi connectivity index (χ0v) is 17.3. The molecular weight excluding hydrogens is 440 g/mol. The molecule has 0 saturated carbocycles. The molecule has 5 nitrogen and oxygen atoms in total. The van der Waals surface area contributed by atoms with Crippen LogP contribution >= 0.6 is 39.7 Å². The predicted molar refractivity (Wildman–Crippen MR) is 78.1 cm³/mol. The minimum atomic E-state index is -3.24. The van der Waals surface area contributed by atoms with Crippen molar-refractivity contribution in [3.63, 3.8) is 0 Å². The second-order valence-electron chi connectivity index (χ2n) is 3.09. The number of hydrogen-bond acceptors (Lipinski definition) is 5. The molecular formula is C9H20Cl2O5P2Sn+2. The van der Waals surface area contributed by atoms with E-state index in [-0.39, 0.29) is 26.5 Å². The van der Waals surface area contributed by atoms with Gasteiger partial charge in [0.1, 0.15) is 4.31 Å². The fourth-order valence-corrected chi connectivity index (χ4v) is 5.38. The number of halogens is 2. The Morgan fingerprint density at radius 1 is 1.00 bits per heavy atom. The van der Waals surface area contributed by atoms with Crippen LogP contribution in [0.15, 0.2) is 0 Å². The summed E-state index contributed by atoms with van der Waals surface area (Å²) in [6, 6.07) is 0. The van der Waals surface area contributed by atoms with E-state index in [0.29, 0.717) is 0 Å². The Morgan fingerprint density at radius 2 is 1.32 bits per heavy atom. The summed E-state index contributed by atoms with van der Waals surface area (Å²) >= 11 is 9.68. The van der Waals surface area contributed by atoms with Gasteiger partial charge in [-0.15, -0.1) is 23.2 Å². The van der Waals surface area contributed by atoms with Crippen LogP contribution in [0.25, 0.3) is 0 Å². The van der Waals surface area contributed by atoms with Crippen molar-refractivity contribution >= 4 is 60.9 Å². The van der Waals surface area contributed by atoms with E-state index in [1.165, 1.54) is 25.7 Å². The Bertz CT molecular complexity index is 195. The molecule has 0 saturated heterocycles. The molecule has 0 aliphatic heterocycles. The van der Waals surface area contributed by atoms with Gasteiger partial charge in [0.2, 0.25) is 0 Å². The largest absolute Gasteiger partial charge is 0.563 e. The zero-order chi connectivity index (χ0) is 15.5. The van der Waals surface area contributed by atoms with E-state index in [1.807, 2.05) is 0 Å². The van der Waals surface area contributed by atoms with Crippen LogP contribution in [0.1, 0.15) is 39.5 Å². The Balaban J connectivity index is -0.000000228. The summed E-state index contributed by atoms with van der Waals surface area (Å²) in [4.78, 5) is 18.5. The van der Waals surface area contributed by atoms with Crippen LogP contribution in [0.5, 0.6) is 0 Å². The predicted octanol–water partition coefficient (Wildman–Crippen LogP) is 3.59. The summed E-state index contributed by atoms with van der Waals surface area (Å²) < 4.78 is 24.9. The summed E-state index contributed by atoms with van der Waals surface area (Å²) in [6.07, 6.45) is 5.84. The van der Waals surface area contributed by atoms with Gasteiger partial charge in [0.15, 0.2) is 0 Å². The van der Waals surface area contributed by atoms with E-state index in [2.05, 4.69) is 18.2 Å². The Labute approximate surface area is 137 Å². The first-order valence-corrected chi connectivity index (χ1v) is 13.0. The standard InChI is InChI=1S/2C4H9.CH2Cl2.O5P2.Sn/c2*1-3-4-2;2-1-3;1-6(2)5-7(3)4;/h2*1,3-4H2,2H3;1H2;;/q;;;;+2. The third-order valence-corrected chi connectivity index (χ3v) is 6.65. The minimum absolute atomic E-state index is 0.149. The summed E-state index contributed by atoms with van der Waals surface area (Å²) in [5.74, 6) is 0. The summed E-state index contributed by atoms with van der Waals surface area (Å²) in [5, 5.41) is 0.194. The molecule has 0 radical (unpaired) electrons. The molecule has 2 atom stereocenters. The first-order chi connectivity index (χ1) is 8.95. The van der Waals surface area contributed by atoms with Gasteiger partial charge in [-0.05, 0) is 9.13 Å². The van der Waals surface area contributed by atoms with Gasteiger partial charge in [-0.3, -0.25) is 0 Å². The Morgan fingerprint density at radius 3 is 1.47 bits per heavy atom. The third-order valence-electron chi connectivity index (χ3n) is 1.55. The molecule has 0 aromatic rings. The summed E-state index contributed by atoms with van der Waals surface area (Å²) in [7, 11) is -6.47. The summed E-state index contributed by atoms with van der Waals surface area (Å²) in [6.45, 7) is 4.58. The molecule has 19 heavy (non-hydrogen) atoms. The van der Waals surface area contributed by atoms with E-state index >= 15 is 0 Å². The minimum Gasteiger partial charge on any atom is -0.563 e. The molecule has 112 valence electrons. The number of rotatable bonds is 8. The van der Waals surface area contributed by atoms with Gasteiger partial charge >= 0.3 is 86.1 Å². The quantitative estimate of drug-likeness (QED) is 0.239. The van der Waals surface area contributed by atoms with Crippen LogP contribution in [0.4, 0.5) is 0 Å². The van der Waals surface area contributed by atoms with Gasteiger partial charge in [0.05, 0.1) is 5.34 Å². The fraction of sp³-hybridized carbons (Fsp3) is 1.00. The van der Waals surface area contributed by atoms with Crippen molar-refractivity contribution in [3.05, 3.63) is 0 Å². The molecule has 0 N–H and O–H groups in total. The monoisotopic (exact) mass is 460 g/mol. The molecule has 0 aliphatic carbocycles. The van der Waals surface area contributed by atoms with Gasteiger partial charge in [0, 0.05) is 0 Å². The van der Waals surface area contributed by atoms with Gasteiger partial charge in [-0.2, -0.15) is 0 Å². The molecule has 0 bridgehead atoms. The topological polar surface area (TPSA) is 89.5 Å². The molecule has 0 fully saturated rings. The van der Waals surface area contributed by atoms with E-state index in [9.17, 15) is 18.9 Å². The average molecular weight is 460 g/mol. The zero-order valence-electron chi connectivity index (χ0n) is 11.1. The number of alkyl halides is 2.